The first-order chi connectivity index (χ1) is 7.97. The monoisotopic (exact) mass is 252 g/mol. The van der Waals surface area contributed by atoms with Gasteiger partial charge in [-0.2, -0.15) is 8.42 Å². The van der Waals surface area contributed by atoms with E-state index in [2.05, 4.69) is 0 Å². The first kappa shape index (κ1) is 12.0. The summed E-state index contributed by atoms with van der Waals surface area (Å²) in [7, 11) is -4.44. The zero-order valence-corrected chi connectivity index (χ0v) is 10.2. The molecule has 0 amide bonds. The van der Waals surface area contributed by atoms with E-state index in [1.54, 1.807) is 6.92 Å². The lowest BCUT2D eigenvalue weighted by Crippen LogP contribution is -2.08. The molecule has 0 N–H and O–H groups in total. The normalized spacial score (nSPS) is 13.8. The van der Waals surface area contributed by atoms with Gasteiger partial charge in [-0.25, -0.2) is 0 Å². The van der Waals surface area contributed by atoms with Crippen molar-refractivity contribution in [2.45, 2.75) is 12.8 Å². The van der Waals surface area contributed by atoms with Gasteiger partial charge in [0.1, 0.15) is 0 Å². The Balaban J connectivity index is 2.48. The summed E-state index contributed by atoms with van der Waals surface area (Å²) in [4.78, 5) is 0. The number of hydrogen-bond donors (Lipinski definition) is 0. The predicted molar refractivity (Wildman–Crippen MR) is 67.3 cm³/mol. The molecule has 0 aromatic heterocycles. The minimum atomic E-state index is -4.44. The van der Waals surface area contributed by atoms with Gasteiger partial charge < -0.3 is 0 Å². The number of halogens is 1. The van der Waals surface area contributed by atoms with Crippen LogP contribution in [0.25, 0.3) is 10.8 Å². The molecular weight excluding hydrogens is 239 g/mol. The van der Waals surface area contributed by atoms with Crippen LogP contribution in [0.3, 0.4) is 0 Å². The summed E-state index contributed by atoms with van der Waals surface area (Å²) in [5.74, 6) is -0.822. The zero-order chi connectivity index (χ0) is 12.5. The second-order valence-corrected chi connectivity index (χ2v) is 5.59. The third-order valence-corrected chi connectivity index (χ3v) is 3.70. The van der Waals surface area contributed by atoms with Crippen LogP contribution in [0.15, 0.2) is 42.5 Å². The van der Waals surface area contributed by atoms with Gasteiger partial charge >= 0.3 is 10.2 Å². The number of benzene rings is 2. The van der Waals surface area contributed by atoms with Crippen molar-refractivity contribution in [3.63, 3.8) is 0 Å². The first-order valence-corrected chi connectivity index (χ1v) is 6.92. The Kier molecular flexibility index (Phi) is 3.15. The summed E-state index contributed by atoms with van der Waals surface area (Å²) < 4.78 is 34.1. The quantitative estimate of drug-likeness (QED) is 0.786. The summed E-state index contributed by atoms with van der Waals surface area (Å²) in [5.41, 5.74) is 0.865. The van der Waals surface area contributed by atoms with E-state index in [4.69, 9.17) is 0 Å². The SMILES string of the molecule is C[C@H](CS(=O)(=O)F)c1cccc2ccccc12. The third-order valence-electron chi connectivity index (χ3n) is 2.80. The van der Waals surface area contributed by atoms with Crippen molar-refractivity contribution < 1.29 is 12.3 Å². The molecule has 0 aliphatic carbocycles. The Morgan fingerprint density at radius 1 is 1.12 bits per heavy atom. The minimum Gasteiger partial charge on any atom is -0.195 e. The van der Waals surface area contributed by atoms with Crippen LogP contribution in [-0.4, -0.2) is 14.2 Å². The molecule has 17 heavy (non-hydrogen) atoms. The molecule has 4 heteroatoms. The maximum absolute atomic E-state index is 12.7. The van der Waals surface area contributed by atoms with E-state index in [0.29, 0.717) is 0 Å². The Labute approximate surface area is 100 Å². The van der Waals surface area contributed by atoms with Crippen LogP contribution in [0, 0.1) is 0 Å². The topological polar surface area (TPSA) is 34.1 Å². The second kappa shape index (κ2) is 4.45. The van der Waals surface area contributed by atoms with Gasteiger partial charge in [-0.3, -0.25) is 0 Å². The van der Waals surface area contributed by atoms with Gasteiger partial charge in [0.05, 0.1) is 5.75 Å². The molecule has 0 saturated carbocycles. The molecular formula is C13H13FO2S. The van der Waals surface area contributed by atoms with Crippen molar-refractivity contribution in [3.05, 3.63) is 48.0 Å². The molecule has 2 rings (SSSR count). The van der Waals surface area contributed by atoms with E-state index in [1.807, 2.05) is 42.5 Å². The van der Waals surface area contributed by atoms with Crippen molar-refractivity contribution >= 4 is 21.0 Å². The Bertz CT molecular complexity index is 629. The summed E-state index contributed by atoms with van der Waals surface area (Å²) in [6.45, 7) is 1.72. The van der Waals surface area contributed by atoms with E-state index < -0.39 is 16.0 Å². The second-order valence-electron chi connectivity index (χ2n) is 4.17. The lowest BCUT2D eigenvalue weighted by molar-refractivity contribution is 0.546. The van der Waals surface area contributed by atoms with Crippen LogP contribution in [0.4, 0.5) is 3.89 Å². The van der Waals surface area contributed by atoms with Gasteiger partial charge in [-0.05, 0) is 22.3 Å². The van der Waals surface area contributed by atoms with Crippen LogP contribution >= 0.6 is 0 Å². The molecule has 0 aliphatic heterocycles. The Morgan fingerprint density at radius 3 is 2.47 bits per heavy atom. The van der Waals surface area contributed by atoms with Gasteiger partial charge in [0.2, 0.25) is 0 Å². The highest BCUT2D eigenvalue weighted by Crippen LogP contribution is 2.26. The van der Waals surface area contributed by atoms with E-state index in [0.717, 1.165) is 16.3 Å². The van der Waals surface area contributed by atoms with Crippen molar-refractivity contribution in [1.29, 1.82) is 0 Å². The molecule has 0 heterocycles. The molecule has 1 atom stereocenters. The van der Waals surface area contributed by atoms with Crippen molar-refractivity contribution in [2.24, 2.45) is 0 Å². The number of hydrogen-bond acceptors (Lipinski definition) is 2. The van der Waals surface area contributed by atoms with E-state index >= 15 is 0 Å². The van der Waals surface area contributed by atoms with Gasteiger partial charge in [0.15, 0.2) is 0 Å². The average Bonchev–Trinajstić information content (AvgIpc) is 2.26. The van der Waals surface area contributed by atoms with Crippen LogP contribution in [0.2, 0.25) is 0 Å². The highest BCUT2D eigenvalue weighted by atomic mass is 32.3. The lowest BCUT2D eigenvalue weighted by Gasteiger charge is -2.12. The summed E-state index contributed by atoms with van der Waals surface area (Å²) in [6.07, 6.45) is 0. The van der Waals surface area contributed by atoms with E-state index in [1.165, 1.54) is 0 Å². The lowest BCUT2D eigenvalue weighted by atomic mass is 9.96. The zero-order valence-electron chi connectivity index (χ0n) is 9.43. The fourth-order valence-corrected chi connectivity index (χ4v) is 2.85. The van der Waals surface area contributed by atoms with Crippen molar-refractivity contribution in [2.75, 3.05) is 5.75 Å². The van der Waals surface area contributed by atoms with Crippen molar-refractivity contribution in [3.8, 4) is 0 Å². The average molecular weight is 252 g/mol. The van der Waals surface area contributed by atoms with Gasteiger partial charge in [0, 0.05) is 0 Å². The molecule has 2 aromatic rings. The summed E-state index contributed by atoms with van der Waals surface area (Å²) in [5, 5.41) is 2.01. The standard InChI is InChI=1S/C13H13FO2S/c1-10(9-17(14,15)16)12-8-4-6-11-5-2-3-7-13(11)12/h2-8,10H,9H2,1H3/t10-/m1/s1. The fraction of sp³-hybridized carbons (Fsp3) is 0.231. The van der Waals surface area contributed by atoms with Crippen molar-refractivity contribution in [1.82, 2.24) is 0 Å². The molecule has 2 nitrogen and oxygen atoms in total. The fourth-order valence-electron chi connectivity index (χ4n) is 2.07. The minimum absolute atomic E-state index is 0.351. The molecule has 0 aliphatic rings. The maximum Gasteiger partial charge on any atom is 0.303 e. The van der Waals surface area contributed by atoms with Gasteiger partial charge in [-0.15, -0.1) is 3.89 Å². The van der Waals surface area contributed by atoms with Gasteiger partial charge in [-0.1, -0.05) is 49.4 Å². The molecule has 90 valence electrons. The molecule has 0 saturated heterocycles. The van der Waals surface area contributed by atoms with E-state index in [-0.39, 0.29) is 5.92 Å². The van der Waals surface area contributed by atoms with Crippen LogP contribution in [-0.2, 0) is 10.2 Å². The van der Waals surface area contributed by atoms with E-state index in [9.17, 15) is 12.3 Å². The Morgan fingerprint density at radius 2 is 1.76 bits per heavy atom. The van der Waals surface area contributed by atoms with Crippen LogP contribution in [0.1, 0.15) is 18.4 Å². The first-order valence-electron chi connectivity index (χ1n) is 5.37. The Hall–Kier alpha value is -1.42. The molecule has 0 radical (unpaired) electrons. The third kappa shape index (κ3) is 2.82. The maximum atomic E-state index is 12.7. The summed E-state index contributed by atoms with van der Waals surface area (Å²) in [6, 6.07) is 13.3. The van der Waals surface area contributed by atoms with Crippen LogP contribution < -0.4 is 0 Å². The molecule has 0 bridgehead atoms. The molecule has 0 unspecified atom stereocenters. The van der Waals surface area contributed by atoms with Gasteiger partial charge in [0.25, 0.3) is 0 Å². The largest absolute Gasteiger partial charge is 0.303 e. The molecule has 2 aromatic carbocycles. The summed E-state index contributed by atoms with van der Waals surface area (Å²) >= 11 is 0. The predicted octanol–water partition coefficient (Wildman–Crippen LogP) is 3.24. The number of fused-ring (bicyclic) bond motifs is 1. The molecule has 0 spiro atoms. The highest BCUT2D eigenvalue weighted by Gasteiger charge is 2.17. The highest BCUT2D eigenvalue weighted by molar-refractivity contribution is 7.86. The smallest absolute Gasteiger partial charge is 0.195 e. The number of rotatable bonds is 3. The van der Waals surface area contributed by atoms with Crippen LogP contribution in [0.5, 0.6) is 0 Å². The molecule has 0 fully saturated rings.